The standard InChI is InChI=1S/C11H16BrN5/c1-4-8-11(12)9(17(3)14-8)7-13-10-5-6-16(2)15-10/h5-6H,4,7H2,1-3H3,(H,13,15). The van der Waals surface area contributed by atoms with E-state index in [1.165, 1.54) is 0 Å². The fourth-order valence-corrected chi connectivity index (χ4v) is 2.45. The summed E-state index contributed by atoms with van der Waals surface area (Å²) in [6, 6.07) is 1.95. The van der Waals surface area contributed by atoms with Crippen LogP contribution >= 0.6 is 15.9 Å². The quantitative estimate of drug-likeness (QED) is 0.940. The Morgan fingerprint density at radius 2 is 2.12 bits per heavy atom. The fraction of sp³-hybridized carbons (Fsp3) is 0.455. The minimum Gasteiger partial charge on any atom is -0.363 e. The van der Waals surface area contributed by atoms with Crippen LogP contribution in [-0.4, -0.2) is 19.6 Å². The highest BCUT2D eigenvalue weighted by molar-refractivity contribution is 9.10. The van der Waals surface area contributed by atoms with E-state index in [9.17, 15) is 0 Å². The van der Waals surface area contributed by atoms with Crippen LogP contribution in [0.15, 0.2) is 16.7 Å². The predicted molar refractivity (Wildman–Crippen MR) is 70.8 cm³/mol. The van der Waals surface area contributed by atoms with Crippen LogP contribution in [0.5, 0.6) is 0 Å². The van der Waals surface area contributed by atoms with Crippen molar-refractivity contribution < 1.29 is 0 Å². The van der Waals surface area contributed by atoms with Crippen LogP contribution in [0.2, 0.25) is 0 Å². The van der Waals surface area contributed by atoms with Crippen molar-refractivity contribution in [3.05, 3.63) is 28.1 Å². The van der Waals surface area contributed by atoms with Crippen molar-refractivity contribution in [3.63, 3.8) is 0 Å². The third kappa shape index (κ3) is 2.52. The topological polar surface area (TPSA) is 47.7 Å². The zero-order valence-corrected chi connectivity index (χ0v) is 11.8. The van der Waals surface area contributed by atoms with Gasteiger partial charge in [0.1, 0.15) is 5.82 Å². The Morgan fingerprint density at radius 3 is 2.65 bits per heavy atom. The highest BCUT2D eigenvalue weighted by Gasteiger charge is 2.12. The first kappa shape index (κ1) is 12.2. The van der Waals surface area contributed by atoms with Gasteiger partial charge in [-0.15, -0.1) is 0 Å². The van der Waals surface area contributed by atoms with Gasteiger partial charge in [-0.3, -0.25) is 9.36 Å². The van der Waals surface area contributed by atoms with E-state index in [4.69, 9.17) is 0 Å². The average Bonchev–Trinajstić information content (AvgIpc) is 2.82. The summed E-state index contributed by atoms with van der Waals surface area (Å²) in [5.41, 5.74) is 2.22. The van der Waals surface area contributed by atoms with Crippen molar-refractivity contribution in [2.45, 2.75) is 19.9 Å². The second kappa shape index (κ2) is 4.91. The Balaban J connectivity index is 2.11. The first-order valence-electron chi connectivity index (χ1n) is 5.55. The fourth-order valence-electron chi connectivity index (χ4n) is 1.70. The van der Waals surface area contributed by atoms with Gasteiger partial charge in [-0.1, -0.05) is 6.92 Å². The van der Waals surface area contributed by atoms with Crippen LogP contribution in [0.25, 0.3) is 0 Å². The lowest BCUT2D eigenvalue weighted by molar-refractivity contribution is 0.704. The molecule has 0 amide bonds. The SMILES string of the molecule is CCc1nn(C)c(CNc2ccn(C)n2)c1Br. The molecular formula is C11H16BrN5. The van der Waals surface area contributed by atoms with Crippen LogP contribution in [-0.2, 0) is 27.1 Å². The third-order valence-corrected chi connectivity index (χ3v) is 3.57. The molecule has 0 aliphatic rings. The average molecular weight is 298 g/mol. The van der Waals surface area contributed by atoms with Crippen molar-refractivity contribution in [2.24, 2.45) is 14.1 Å². The molecule has 0 aromatic carbocycles. The molecule has 17 heavy (non-hydrogen) atoms. The molecule has 92 valence electrons. The van der Waals surface area contributed by atoms with Gasteiger partial charge in [0, 0.05) is 26.4 Å². The predicted octanol–water partition coefficient (Wildman–Crippen LogP) is 2.09. The summed E-state index contributed by atoms with van der Waals surface area (Å²) in [5, 5.41) is 12.0. The summed E-state index contributed by atoms with van der Waals surface area (Å²) in [6.45, 7) is 2.81. The van der Waals surface area contributed by atoms with Gasteiger partial charge >= 0.3 is 0 Å². The second-order valence-corrected chi connectivity index (χ2v) is 4.71. The molecule has 0 fully saturated rings. The Bertz CT molecular complexity index is 514. The van der Waals surface area contributed by atoms with E-state index < -0.39 is 0 Å². The van der Waals surface area contributed by atoms with Gasteiger partial charge in [-0.05, 0) is 22.4 Å². The first-order valence-corrected chi connectivity index (χ1v) is 6.35. The van der Waals surface area contributed by atoms with Crippen LogP contribution in [0.3, 0.4) is 0 Å². The number of aryl methyl sites for hydroxylation is 3. The van der Waals surface area contributed by atoms with E-state index >= 15 is 0 Å². The van der Waals surface area contributed by atoms with Crippen molar-refractivity contribution in [1.29, 1.82) is 0 Å². The van der Waals surface area contributed by atoms with Crippen LogP contribution in [0, 0.1) is 0 Å². The van der Waals surface area contributed by atoms with Gasteiger partial charge in [-0.2, -0.15) is 10.2 Å². The summed E-state index contributed by atoms with van der Waals surface area (Å²) in [4.78, 5) is 0. The Kier molecular flexibility index (Phi) is 3.51. The van der Waals surface area contributed by atoms with Crippen molar-refractivity contribution >= 4 is 21.7 Å². The third-order valence-electron chi connectivity index (χ3n) is 2.65. The molecule has 0 bridgehead atoms. The second-order valence-electron chi connectivity index (χ2n) is 3.91. The van der Waals surface area contributed by atoms with Gasteiger partial charge in [-0.25, -0.2) is 0 Å². The summed E-state index contributed by atoms with van der Waals surface area (Å²) in [6.07, 6.45) is 2.84. The smallest absolute Gasteiger partial charge is 0.148 e. The van der Waals surface area contributed by atoms with E-state index in [1.807, 2.05) is 31.0 Å². The molecule has 0 radical (unpaired) electrons. The zero-order chi connectivity index (χ0) is 12.4. The van der Waals surface area contributed by atoms with Crippen molar-refractivity contribution in [2.75, 3.05) is 5.32 Å². The van der Waals surface area contributed by atoms with Crippen molar-refractivity contribution in [3.8, 4) is 0 Å². The van der Waals surface area contributed by atoms with Crippen LogP contribution < -0.4 is 5.32 Å². The van der Waals surface area contributed by atoms with Gasteiger partial charge in [0.15, 0.2) is 0 Å². The Hall–Kier alpha value is -1.30. The summed E-state index contributed by atoms with van der Waals surface area (Å²) >= 11 is 3.59. The maximum Gasteiger partial charge on any atom is 0.148 e. The summed E-state index contributed by atoms with van der Waals surface area (Å²) in [5.74, 6) is 0.874. The number of rotatable bonds is 4. The van der Waals surface area contributed by atoms with Gasteiger partial charge in [0.2, 0.25) is 0 Å². The van der Waals surface area contributed by atoms with E-state index in [-0.39, 0.29) is 0 Å². The number of aromatic nitrogens is 4. The molecule has 0 aliphatic heterocycles. The minimum absolute atomic E-state index is 0.709. The molecule has 2 heterocycles. The lowest BCUT2D eigenvalue weighted by atomic mass is 10.3. The molecule has 1 N–H and O–H groups in total. The highest BCUT2D eigenvalue weighted by Crippen LogP contribution is 2.22. The summed E-state index contributed by atoms with van der Waals surface area (Å²) in [7, 11) is 3.86. The van der Waals surface area contributed by atoms with Crippen LogP contribution in [0.1, 0.15) is 18.3 Å². The van der Waals surface area contributed by atoms with Gasteiger partial charge < -0.3 is 5.32 Å². The van der Waals surface area contributed by atoms with E-state index in [2.05, 4.69) is 38.4 Å². The molecule has 0 saturated heterocycles. The Morgan fingerprint density at radius 1 is 1.35 bits per heavy atom. The van der Waals surface area contributed by atoms with Gasteiger partial charge in [0.25, 0.3) is 0 Å². The Labute approximate surface area is 109 Å². The van der Waals surface area contributed by atoms with E-state index in [0.717, 1.165) is 28.1 Å². The van der Waals surface area contributed by atoms with E-state index in [0.29, 0.717) is 6.54 Å². The lowest BCUT2D eigenvalue weighted by Gasteiger charge is -2.04. The monoisotopic (exact) mass is 297 g/mol. The van der Waals surface area contributed by atoms with Gasteiger partial charge in [0.05, 0.1) is 22.4 Å². The molecule has 0 unspecified atom stereocenters. The highest BCUT2D eigenvalue weighted by atomic mass is 79.9. The van der Waals surface area contributed by atoms with E-state index in [1.54, 1.807) is 4.68 Å². The maximum absolute atomic E-state index is 4.45. The summed E-state index contributed by atoms with van der Waals surface area (Å²) < 4.78 is 4.77. The number of nitrogens with zero attached hydrogens (tertiary/aromatic N) is 4. The molecule has 0 saturated carbocycles. The first-order chi connectivity index (χ1) is 8.11. The molecule has 2 aromatic rings. The number of anilines is 1. The largest absolute Gasteiger partial charge is 0.363 e. The maximum atomic E-state index is 4.45. The minimum atomic E-state index is 0.709. The molecular weight excluding hydrogens is 282 g/mol. The molecule has 2 rings (SSSR count). The lowest BCUT2D eigenvalue weighted by Crippen LogP contribution is -2.06. The molecule has 5 nitrogen and oxygen atoms in total. The number of hydrogen-bond donors (Lipinski definition) is 1. The van der Waals surface area contributed by atoms with Crippen molar-refractivity contribution in [1.82, 2.24) is 19.6 Å². The zero-order valence-electron chi connectivity index (χ0n) is 10.2. The number of nitrogens with one attached hydrogen (secondary N) is 1. The van der Waals surface area contributed by atoms with Crippen LogP contribution in [0.4, 0.5) is 5.82 Å². The molecule has 6 heteroatoms. The molecule has 0 spiro atoms. The molecule has 0 atom stereocenters. The normalized spacial score (nSPS) is 10.8. The molecule has 2 aromatic heterocycles. The number of hydrogen-bond acceptors (Lipinski definition) is 3. The molecule has 0 aliphatic carbocycles. The number of halogens is 1.